The summed E-state index contributed by atoms with van der Waals surface area (Å²) in [5, 5.41) is 0. The van der Waals surface area contributed by atoms with Gasteiger partial charge in [-0.3, -0.25) is 0 Å². The average molecular weight is 261 g/mol. The molecule has 19 heavy (non-hydrogen) atoms. The molecular weight excluding hydrogens is 234 g/mol. The van der Waals surface area contributed by atoms with E-state index in [2.05, 4.69) is 38.1 Å². The SMILES string of the molecule is CCC(N)Cc1ccccc1OC1CCC(C)CC1. The fourth-order valence-corrected chi connectivity index (χ4v) is 2.74. The number of benzene rings is 1. The van der Waals surface area contributed by atoms with Crippen molar-refractivity contribution in [2.24, 2.45) is 11.7 Å². The van der Waals surface area contributed by atoms with Gasteiger partial charge < -0.3 is 10.5 Å². The molecule has 0 heterocycles. The van der Waals surface area contributed by atoms with Crippen molar-refractivity contribution in [1.29, 1.82) is 0 Å². The van der Waals surface area contributed by atoms with Crippen LogP contribution in [0.25, 0.3) is 0 Å². The molecule has 1 unspecified atom stereocenters. The number of rotatable bonds is 5. The highest BCUT2D eigenvalue weighted by molar-refractivity contribution is 5.34. The first kappa shape index (κ1) is 14.4. The molecule has 1 saturated carbocycles. The second-order valence-corrected chi connectivity index (χ2v) is 5.98. The van der Waals surface area contributed by atoms with Gasteiger partial charge in [0.1, 0.15) is 5.75 Å². The summed E-state index contributed by atoms with van der Waals surface area (Å²) in [7, 11) is 0. The van der Waals surface area contributed by atoms with Gasteiger partial charge in [0, 0.05) is 6.04 Å². The maximum absolute atomic E-state index is 6.22. The maximum Gasteiger partial charge on any atom is 0.122 e. The van der Waals surface area contributed by atoms with E-state index < -0.39 is 0 Å². The van der Waals surface area contributed by atoms with Gasteiger partial charge in [0.2, 0.25) is 0 Å². The standard InChI is InChI=1S/C17H27NO/c1-3-15(18)12-14-6-4-5-7-17(14)19-16-10-8-13(2)9-11-16/h4-7,13,15-16H,3,8-12,18H2,1-2H3. The van der Waals surface area contributed by atoms with Crippen LogP contribution in [0.2, 0.25) is 0 Å². The van der Waals surface area contributed by atoms with Gasteiger partial charge in [0.25, 0.3) is 0 Å². The quantitative estimate of drug-likeness (QED) is 0.871. The van der Waals surface area contributed by atoms with Gasteiger partial charge >= 0.3 is 0 Å². The first-order chi connectivity index (χ1) is 9.19. The molecule has 1 atom stereocenters. The third-order valence-corrected chi connectivity index (χ3v) is 4.24. The van der Waals surface area contributed by atoms with Crippen molar-refractivity contribution in [2.75, 3.05) is 0 Å². The van der Waals surface area contributed by atoms with Gasteiger partial charge in [-0.1, -0.05) is 32.0 Å². The third kappa shape index (κ3) is 4.24. The Hall–Kier alpha value is -1.02. The summed E-state index contributed by atoms with van der Waals surface area (Å²) in [6, 6.07) is 8.61. The normalized spacial score (nSPS) is 25.0. The zero-order valence-corrected chi connectivity index (χ0v) is 12.3. The number of para-hydroxylation sites is 1. The van der Waals surface area contributed by atoms with E-state index in [1.54, 1.807) is 0 Å². The molecule has 2 rings (SSSR count). The van der Waals surface area contributed by atoms with E-state index in [0.29, 0.717) is 6.10 Å². The van der Waals surface area contributed by atoms with E-state index >= 15 is 0 Å². The Balaban J connectivity index is 1.99. The van der Waals surface area contributed by atoms with Crippen molar-refractivity contribution < 1.29 is 4.74 Å². The molecule has 0 spiro atoms. The van der Waals surface area contributed by atoms with Gasteiger partial charge in [-0.05, 0) is 56.1 Å². The molecule has 2 heteroatoms. The molecule has 106 valence electrons. The summed E-state index contributed by atoms with van der Waals surface area (Å²) < 4.78 is 6.22. The fraction of sp³-hybridized carbons (Fsp3) is 0.647. The van der Waals surface area contributed by atoms with E-state index in [0.717, 1.165) is 24.5 Å². The zero-order chi connectivity index (χ0) is 13.7. The van der Waals surface area contributed by atoms with Crippen molar-refractivity contribution in [3.63, 3.8) is 0 Å². The van der Waals surface area contributed by atoms with Crippen LogP contribution in [0.3, 0.4) is 0 Å². The molecule has 0 saturated heterocycles. The largest absolute Gasteiger partial charge is 0.490 e. The minimum absolute atomic E-state index is 0.233. The molecule has 1 fully saturated rings. The second-order valence-electron chi connectivity index (χ2n) is 5.98. The summed E-state index contributed by atoms with van der Waals surface area (Å²) >= 11 is 0. The van der Waals surface area contributed by atoms with Crippen LogP contribution in [-0.4, -0.2) is 12.1 Å². The maximum atomic E-state index is 6.22. The molecule has 2 nitrogen and oxygen atoms in total. The van der Waals surface area contributed by atoms with Gasteiger partial charge in [0.15, 0.2) is 0 Å². The van der Waals surface area contributed by atoms with Crippen LogP contribution < -0.4 is 10.5 Å². The molecule has 2 N–H and O–H groups in total. The van der Waals surface area contributed by atoms with Crippen LogP contribution in [0.1, 0.15) is 51.5 Å². The highest BCUT2D eigenvalue weighted by Gasteiger charge is 2.20. The smallest absolute Gasteiger partial charge is 0.122 e. The lowest BCUT2D eigenvalue weighted by atomic mass is 9.89. The number of hydrogen-bond acceptors (Lipinski definition) is 2. The molecule has 0 radical (unpaired) electrons. The summed E-state index contributed by atoms with van der Waals surface area (Å²) in [5.41, 5.74) is 7.33. The summed E-state index contributed by atoms with van der Waals surface area (Å²) in [4.78, 5) is 0. The zero-order valence-electron chi connectivity index (χ0n) is 12.3. The third-order valence-electron chi connectivity index (χ3n) is 4.24. The lowest BCUT2D eigenvalue weighted by Crippen LogP contribution is -2.25. The van der Waals surface area contributed by atoms with Crippen molar-refractivity contribution in [3.05, 3.63) is 29.8 Å². The van der Waals surface area contributed by atoms with Gasteiger partial charge in [-0.25, -0.2) is 0 Å². The van der Waals surface area contributed by atoms with Crippen LogP contribution in [0.15, 0.2) is 24.3 Å². The predicted molar refractivity (Wildman–Crippen MR) is 80.5 cm³/mol. The van der Waals surface area contributed by atoms with Crippen molar-refractivity contribution in [3.8, 4) is 5.75 Å². The topological polar surface area (TPSA) is 35.2 Å². The average Bonchev–Trinajstić information content (AvgIpc) is 2.43. The van der Waals surface area contributed by atoms with Crippen LogP contribution >= 0.6 is 0 Å². The molecular formula is C17H27NO. The molecule has 1 aromatic rings. The Morgan fingerprint density at radius 1 is 1.21 bits per heavy atom. The number of nitrogens with two attached hydrogens (primary N) is 1. The molecule has 0 aliphatic heterocycles. The first-order valence-corrected chi connectivity index (χ1v) is 7.69. The fourth-order valence-electron chi connectivity index (χ4n) is 2.74. The molecule has 1 aromatic carbocycles. The van der Waals surface area contributed by atoms with Crippen molar-refractivity contribution >= 4 is 0 Å². The van der Waals surface area contributed by atoms with Crippen molar-refractivity contribution in [2.45, 2.75) is 64.5 Å². The summed E-state index contributed by atoms with van der Waals surface area (Å²) in [6.45, 7) is 4.47. The van der Waals surface area contributed by atoms with Crippen LogP contribution in [0, 0.1) is 5.92 Å². The van der Waals surface area contributed by atoms with Crippen molar-refractivity contribution in [1.82, 2.24) is 0 Å². The molecule has 0 bridgehead atoms. The van der Waals surface area contributed by atoms with Crippen LogP contribution in [0.4, 0.5) is 0 Å². The van der Waals surface area contributed by atoms with Gasteiger partial charge in [0.05, 0.1) is 6.10 Å². The lowest BCUT2D eigenvalue weighted by Gasteiger charge is -2.28. The van der Waals surface area contributed by atoms with E-state index in [1.807, 2.05) is 0 Å². The van der Waals surface area contributed by atoms with E-state index in [1.165, 1.54) is 31.2 Å². The monoisotopic (exact) mass is 261 g/mol. The van der Waals surface area contributed by atoms with E-state index in [9.17, 15) is 0 Å². The summed E-state index contributed by atoms with van der Waals surface area (Å²) in [6.07, 6.45) is 7.29. The highest BCUT2D eigenvalue weighted by atomic mass is 16.5. The van der Waals surface area contributed by atoms with E-state index in [-0.39, 0.29) is 6.04 Å². The minimum Gasteiger partial charge on any atom is -0.490 e. The number of hydrogen-bond donors (Lipinski definition) is 1. The minimum atomic E-state index is 0.233. The predicted octanol–water partition coefficient (Wildman–Crippen LogP) is 3.92. The Bertz CT molecular complexity index is 383. The van der Waals surface area contributed by atoms with Gasteiger partial charge in [-0.15, -0.1) is 0 Å². The molecule has 1 aliphatic rings. The van der Waals surface area contributed by atoms with Crippen LogP contribution in [0.5, 0.6) is 5.75 Å². The lowest BCUT2D eigenvalue weighted by molar-refractivity contribution is 0.134. The highest BCUT2D eigenvalue weighted by Crippen LogP contribution is 2.29. The Labute approximate surface area is 117 Å². The Morgan fingerprint density at radius 3 is 2.58 bits per heavy atom. The first-order valence-electron chi connectivity index (χ1n) is 7.69. The van der Waals surface area contributed by atoms with E-state index in [4.69, 9.17) is 10.5 Å². The number of ether oxygens (including phenoxy) is 1. The Morgan fingerprint density at radius 2 is 1.89 bits per heavy atom. The molecule has 0 aromatic heterocycles. The van der Waals surface area contributed by atoms with Gasteiger partial charge in [-0.2, -0.15) is 0 Å². The Kier molecular flexibility index (Phi) is 5.26. The second kappa shape index (κ2) is 6.95. The molecule has 1 aliphatic carbocycles. The summed E-state index contributed by atoms with van der Waals surface area (Å²) in [5.74, 6) is 1.91. The molecule has 0 amide bonds. The van der Waals surface area contributed by atoms with Crippen LogP contribution in [-0.2, 0) is 6.42 Å².